The van der Waals surface area contributed by atoms with E-state index < -0.39 is 0 Å². The van der Waals surface area contributed by atoms with Crippen molar-refractivity contribution in [2.75, 3.05) is 31.1 Å². The van der Waals surface area contributed by atoms with Gasteiger partial charge in [0.25, 0.3) is 0 Å². The van der Waals surface area contributed by atoms with Gasteiger partial charge in [0.2, 0.25) is 5.91 Å². The molecular formula is C16H22N4O. The third-order valence-electron chi connectivity index (χ3n) is 5.24. The van der Waals surface area contributed by atoms with E-state index in [1.807, 2.05) is 4.90 Å². The molecule has 3 heterocycles. The van der Waals surface area contributed by atoms with Gasteiger partial charge in [0.1, 0.15) is 6.33 Å². The highest BCUT2D eigenvalue weighted by Crippen LogP contribution is 2.42. The third-order valence-corrected chi connectivity index (χ3v) is 5.24. The third kappa shape index (κ3) is 2.44. The second-order valence-corrected chi connectivity index (χ2v) is 6.87. The van der Waals surface area contributed by atoms with E-state index >= 15 is 0 Å². The van der Waals surface area contributed by atoms with Crippen molar-refractivity contribution in [3.8, 4) is 0 Å². The lowest BCUT2D eigenvalue weighted by Crippen LogP contribution is -2.48. The molecular weight excluding hydrogens is 264 g/mol. The summed E-state index contributed by atoms with van der Waals surface area (Å²) in [6.07, 6.45) is 10.9. The minimum atomic E-state index is -0.150. The van der Waals surface area contributed by atoms with E-state index in [1.54, 1.807) is 12.4 Å². The van der Waals surface area contributed by atoms with Gasteiger partial charge in [-0.2, -0.15) is 0 Å². The van der Waals surface area contributed by atoms with Crippen molar-refractivity contribution < 1.29 is 4.79 Å². The summed E-state index contributed by atoms with van der Waals surface area (Å²) in [5, 5.41) is 0. The predicted octanol–water partition coefficient (Wildman–Crippen LogP) is 1.71. The van der Waals surface area contributed by atoms with Crippen molar-refractivity contribution in [3.63, 3.8) is 0 Å². The van der Waals surface area contributed by atoms with Crippen LogP contribution < -0.4 is 4.90 Å². The maximum Gasteiger partial charge on any atom is 0.234 e. The molecule has 1 saturated carbocycles. The number of aromatic nitrogens is 2. The first kappa shape index (κ1) is 13.2. The normalized spacial score (nSPS) is 30.3. The Hall–Kier alpha value is -1.49. The Morgan fingerprint density at radius 2 is 2.00 bits per heavy atom. The molecule has 3 aliphatic rings. The number of carbonyl (C=O) groups excluding carboxylic acids is 1. The number of amides is 1. The van der Waals surface area contributed by atoms with Crippen molar-refractivity contribution >= 4 is 11.6 Å². The lowest BCUT2D eigenvalue weighted by molar-refractivity contribution is -0.128. The maximum absolute atomic E-state index is 13.0. The van der Waals surface area contributed by atoms with Crippen molar-refractivity contribution in [3.05, 3.63) is 18.7 Å². The second kappa shape index (κ2) is 5.05. The van der Waals surface area contributed by atoms with E-state index in [9.17, 15) is 4.79 Å². The van der Waals surface area contributed by atoms with Gasteiger partial charge < -0.3 is 9.80 Å². The summed E-state index contributed by atoms with van der Waals surface area (Å²) >= 11 is 0. The highest BCUT2D eigenvalue weighted by Gasteiger charge is 2.49. The monoisotopic (exact) mass is 286 g/mol. The molecule has 1 aliphatic carbocycles. The number of likely N-dealkylation sites (tertiary alicyclic amines) is 1. The summed E-state index contributed by atoms with van der Waals surface area (Å²) in [6.45, 7) is 4.12. The van der Waals surface area contributed by atoms with Crippen LogP contribution >= 0.6 is 0 Å². The molecule has 112 valence electrons. The fourth-order valence-electron chi connectivity index (χ4n) is 3.92. The Morgan fingerprint density at radius 3 is 2.76 bits per heavy atom. The van der Waals surface area contributed by atoms with Gasteiger partial charge in [-0.3, -0.25) is 4.79 Å². The van der Waals surface area contributed by atoms with Crippen LogP contribution in [-0.4, -0.2) is 47.0 Å². The topological polar surface area (TPSA) is 49.3 Å². The molecule has 1 aromatic heterocycles. The summed E-state index contributed by atoms with van der Waals surface area (Å²) in [5.41, 5.74) is 0.696. The molecule has 21 heavy (non-hydrogen) atoms. The smallest absolute Gasteiger partial charge is 0.234 e. The molecule has 1 atom stereocenters. The number of carbonyl (C=O) groups is 1. The van der Waals surface area contributed by atoms with E-state index in [4.69, 9.17) is 0 Å². The molecule has 5 nitrogen and oxygen atoms in total. The van der Waals surface area contributed by atoms with Crippen molar-refractivity contribution in [2.45, 2.75) is 32.1 Å². The average Bonchev–Trinajstić information content (AvgIpc) is 3.27. The molecule has 2 aliphatic heterocycles. The Kier molecular flexibility index (Phi) is 3.17. The molecule has 1 spiro atoms. The molecule has 1 amide bonds. The zero-order valence-electron chi connectivity index (χ0n) is 12.4. The predicted molar refractivity (Wildman–Crippen MR) is 79.8 cm³/mol. The van der Waals surface area contributed by atoms with Gasteiger partial charge in [0, 0.05) is 19.6 Å². The lowest BCUT2D eigenvalue weighted by atomic mass is 9.78. The Labute approximate surface area is 125 Å². The summed E-state index contributed by atoms with van der Waals surface area (Å²) in [4.78, 5) is 25.5. The number of rotatable bonds is 3. The van der Waals surface area contributed by atoms with E-state index in [1.165, 1.54) is 32.3 Å². The first-order chi connectivity index (χ1) is 10.3. The van der Waals surface area contributed by atoms with Crippen LogP contribution in [0.1, 0.15) is 32.1 Å². The quantitative estimate of drug-likeness (QED) is 0.848. The summed E-state index contributed by atoms with van der Waals surface area (Å²) in [7, 11) is 0. The van der Waals surface area contributed by atoms with E-state index in [-0.39, 0.29) is 11.3 Å². The van der Waals surface area contributed by atoms with Crippen molar-refractivity contribution in [1.29, 1.82) is 0 Å². The largest absolute Gasteiger partial charge is 0.309 e. The van der Waals surface area contributed by atoms with Crippen LogP contribution in [0.15, 0.2) is 18.7 Å². The number of nitrogens with zero attached hydrogens (tertiary/aromatic N) is 4. The van der Waals surface area contributed by atoms with Gasteiger partial charge in [-0.15, -0.1) is 0 Å². The molecule has 2 saturated heterocycles. The van der Waals surface area contributed by atoms with Crippen LogP contribution in [0.5, 0.6) is 0 Å². The van der Waals surface area contributed by atoms with Crippen molar-refractivity contribution in [1.82, 2.24) is 14.9 Å². The minimum Gasteiger partial charge on any atom is -0.309 e. The van der Waals surface area contributed by atoms with Gasteiger partial charge in [-0.25, -0.2) is 9.97 Å². The van der Waals surface area contributed by atoms with Gasteiger partial charge in [-0.1, -0.05) is 0 Å². The van der Waals surface area contributed by atoms with Gasteiger partial charge >= 0.3 is 0 Å². The minimum absolute atomic E-state index is 0.150. The zero-order chi connectivity index (χ0) is 14.3. The van der Waals surface area contributed by atoms with Crippen LogP contribution in [-0.2, 0) is 4.79 Å². The lowest BCUT2D eigenvalue weighted by Gasteiger charge is -2.39. The highest BCUT2D eigenvalue weighted by atomic mass is 16.2. The van der Waals surface area contributed by atoms with Gasteiger partial charge in [0.05, 0.1) is 23.5 Å². The molecule has 4 rings (SSSR count). The average molecular weight is 286 g/mol. The first-order valence-electron chi connectivity index (χ1n) is 8.06. The number of hydrogen-bond acceptors (Lipinski definition) is 4. The van der Waals surface area contributed by atoms with E-state index in [2.05, 4.69) is 14.9 Å². The van der Waals surface area contributed by atoms with Crippen LogP contribution in [0.4, 0.5) is 5.69 Å². The Morgan fingerprint density at radius 1 is 1.19 bits per heavy atom. The summed E-state index contributed by atoms with van der Waals surface area (Å²) < 4.78 is 0. The molecule has 0 radical (unpaired) electrons. The SMILES string of the molecule is O=C1N(c2cncnc2)CCC12CCCN(CC1CC1)C2. The molecule has 0 aromatic carbocycles. The van der Waals surface area contributed by atoms with E-state index in [0.29, 0.717) is 0 Å². The van der Waals surface area contributed by atoms with Gasteiger partial charge in [0.15, 0.2) is 0 Å². The molecule has 0 bridgehead atoms. The van der Waals surface area contributed by atoms with Crippen LogP contribution in [0.2, 0.25) is 0 Å². The number of anilines is 1. The Balaban J connectivity index is 1.51. The standard InChI is InChI=1S/C16H22N4O/c21-15-16(4-1-6-19(11-16)10-13-2-3-13)5-7-20(15)14-8-17-12-18-9-14/h8-9,12-13H,1-7,10-11H2. The Bertz CT molecular complexity index is 530. The maximum atomic E-state index is 13.0. The molecule has 1 aromatic rings. The number of piperidine rings is 1. The summed E-state index contributed by atoms with van der Waals surface area (Å²) in [6, 6.07) is 0. The fourth-order valence-corrected chi connectivity index (χ4v) is 3.92. The van der Waals surface area contributed by atoms with Gasteiger partial charge in [-0.05, 0) is 44.6 Å². The highest BCUT2D eigenvalue weighted by molar-refractivity contribution is 5.99. The molecule has 3 fully saturated rings. The molecule has 5 heteroatoms. The zero-order valence-corrected chi connectivity index (χ0v) is 12.4. The fraction of sp³-hybridized carbons (Fsp3) is 0.688. The van der Waals surface area contributed by atoms with Crippen molar-refractivity contribution in [2.24, 2.45) is 11.3 Å². The second-order valence-electron chi connectivity index (χ2n) is 6.87. The van der Waals surface area contributed by atoms with E-state index in [0.717, 1.165) is 44.0 Å². The summed E-state index contributed by atoms with van der Waals surface area (Å²) in [5.74, 6) is 1.19. The number of hydrogen-bond donors (Lipinski definition) is 0. The first-order valence-corrected chi connectivity index (χ1v) is 8.06. The van der Waals surface area contributed by atoms with Crippen LogP contribution in [0.3, 0.4) is 0 Å². The van der Waals surface area contributed by atoms with Crippen LogP contribution in [0.25, 0.3) is 0 Å². The molecule has 0 N–H and O–H groups in total. The van der Waals surface area contributed by atoms with Crippen LogP contribution in [0, 0.1) is 11.3 Å². The molecule has 1 unspecified atom stereocenters.